The molecule has 0 atom stereocenters. The number of nitrogens with two attached hydrogens (primary N) is 1. The van der Waals surface area contributed by atoms with Crippen LogP contribution in [-0.4, -0.2) is 15.6 Å². The van der Waals surface area contributed by atoms with Gasteiger partial charge in [-0.05, 0) is 18.6 Å². The molecule has 0 radical (unpaired) electrons. The van der Waals surface area contributed by atoms with Crippen molar-refractivity contribution in [3.05, 3.63) is 40.1 Å². The lowest BCUT2D eigenvalue weighted by Gasteiger charge is -2.00. The zero-order valence-corrected chi connectivity index (χ0v) is 11.7. The highest BCUT2D eigenvalue weighted by Gasteiger charge is 2.19. The number of aryl methyl sites for hydroxylation is 2. The van der Waals surface area contributed by atoms with Crippen LogP contribution in [0.15, 0.2) is 16.5 Å². The van der Waals surface area contributed by atoms with Crippen molar-refractivity contribution in [1.82, 2.24) is 9.78 Å². The second kappa shape index (κ2) is 5.59. The number of halogens is 1. The van der Waals surface area contributed by atoms with Crippen LogP contribution < -0.4 is 5.73 Å². The number of Topliss-reactive ketones (excluding diaryl/α,β-unsaturated/α-hetero) is 1. The minimum Gasteiger partial charge on any atom is -0.457 e. The lowest BCUT2D eigenvalue weighted by molar-refractivity contribution is 0.0962. The summed E-state index contributed by atoms with van der Waals surface area (Å²) in [5.41, 5.74) is 6.95. The zero-order chi connectivity index (χ0) is 14.0. The third-order valence-corrected chi connectivity index (χ3v) is 3.40. The lowest BCUT2D eigenvalue weighted by Crippen LogP contribution is -2.07. The Kier molecular flexibility index (Phi) is 4.07. The highest BCUT2D eigenvalue weighted by atomic mass is 35.5. The van der Waals surface area contributed by atoms with Gasteiger partial charge in [-0.2, -0.15) is 5.10 Å². The van der Waals surface area contributed by atoms with E-state index in [4.69, 9.17) is 21.8 Å². The van der Waals surface area contributed by atoms with Gasteiger partial charge in [0.05, 0.1) is 29.4 Å². The van der Waals surface area contributed by atoms with Crippen molar-refractivity contribution in [1.29, 1.82) is 0 Å². The normalized spacial score (nSPS) is 10.9. The van der Waals surface area contributed by atoms with Crippen LogP contribution in [0, 0.1) is 0 Å². The summed E-state index contributed by atoms with van der Waals surface area (Å²) < 4.78 is 6.98. The quantitative estimate of drug-likeness (QED) is 0.852. The first-order valence-corrected chi connectivity index (χ1v) is 6.46. The average Bonchev–Trinajstić information content (AvgIpc) is 2.98. The molecule has 2 heterocycles. The fourth-order valence-corrected chi connectivity index (χ4v) is 2.25. The van der Waals surface area contributed by atoms with E-state index in [1.54, 1.807) is 23.9 Å². The summed E-state index contributed by atoms with van der Waals surface area (Å²) in [6.07, 6.45) is 0.902. The van der Waals surface area contributed by atoms with E-state index >= 15 is 0 Å². The van der Waals surface area contributed by atoms with E-state index in [0.29, 0.717) is 22.2 Å². The molecule has 2 aromatic heterocycles. The predicted octanol–water partition coefficient (Wildman–Crippen LogP) is 2.11. The molecule has 0 aliphatic heterocycles. The lowest BCUT2D eigenvalue weighted by atomic mass is 10.1. The Balaban J connectivity index is 2.21. The highest BCUT2D eigenvalue weighted by molar-refractivity contribution is 6.32. The first kappa shape index (κ1) is 13.8. The molecule has 0 aliphatic carbocycles. The number of carbonyl (C=O) groups excluding carboxylic acids is 1. The molecule has 0 amide bonds. The van der Waals surface area contributed by atoms with Crippen molar-refractivity contribution in [3.8, 4) is 0 Å². The largest absolute Gasteiger partial charge is 0.457 e. The molecule has 19 heavy (non-hydrogen) atoms. The summed E-state index contributed by atoms with van der Waals surface area (Å²) in [6, 6.07) is 3.34. The Morgan fingerprint density at radius 3 is 2.79 bits per heavy atom. The van der Waals surface area contributed by atoms with Crippen molar-refractivity contribution in [2.75, 3.05) is 0 Å². The van der Waals surface area contributed by atoms with Gasteiger partial charge in [0.2, 0.25) is 5.78 Å². The maximum Gasteiger partial charge on any atom is 0.203 e. The SMILES string of the molecule is CCc1nn(C)c(CC(=O)c2ccc(CN)o2)c1Cl. The molecule has 0 bridgehead atoms. The summed E-state index contributed by atoms with van der Waals surface area (Å²) in [5, 5.41) is 4.84. The molecule has 0 unspecified atom stereocenters. The predicted molar refractivity (Wildman–Crippen MR) is 72.2 cm³/mol. The minimum atomic E-state index is -0.132. The number of hydrogen-bond acceptors (Lipinski definition) is 4. The van der Waals surface area contributed by atoms with Gasteiger partial charge >= 0.3 is 0 Å². The fraction of sp³-hybridized carbons (Fsp3) is 0.385. The van der Waals surface area contributed by atoms with E-state index in [1.165, 1.54) is 0 Å². The van der Waals surface area contributed by atoms with Crippen molar-refractivity contribution in [2.45, 2.75) is 26.3 Å². The van der Waals surface area contributed by atoms with Crippen LogP contribution in [0.2, 0.25) is 5.02 Å². The third-order valence-electron chi connectivity index (χ3n) is 2.97. The molecule has 6 heteroatoms. The van der Waals surface area contributed by atoms with Crippen LogP contribution in [0.1, 0.15) is 34.6 Å². The zero-order valence-electron chi connectivity index (χ0n) is 10.9. The summed E-state index contributed by atoms with van der Waals surface area (Å²) in [5.74, 6) is 0.761. The van der Waals surface area contributed by atoms with E-state index in [9.17, 15) is 4.79 Å². The Morgan fingerprint density at radius 2 is 2.26 bits per heavy atom. The smallest absolute Gasteiger partial charge is 0.203 e. The molecular weight excluding hydrogens is 266 g/mol. The Labute approximate surface area is 116 Å². The molecule has 2 aromatic rings. The van der Waals surface area contributed by atoms with Gasteiger partial charge in [0.1, 0.15) is 5.76 Å². The molecule has 0 aliphatic rings. The summed E-state index contributed by atoms with van der Waals surface area (Å²) in [4.78, 5) is 12.1. The molecule has 0 spiro atoms. The molecule has 0 aromatic carbocycles. The van der Waals surface area contributed by atoms with Crippen LogP contribution in [0.5, 0.6) is 0 Å². The number of rotatable bonds is 5. The molecule has 102 valence electrons. The number of aromatic nitrogens is 2. The number of nitrogens with zero attached hydrogens (tertiary/aromatic N) is 2. The maximum atomic E-state index is 12.1. The summed E-state index contributed by atoms with van der Waals surface area (Å²) >= 11 is 6.21. The van der Waals surface area contributed by atoms with Gasteiger partial charge in [0.15, 0.2) is 5.76 Å². The Bertz CT molecular complexity index is 601. The van der Waals surface area contributed by atoms with Crippen LogP contribution in [0.25, 0.3) is 0 Å². The van der Waals surface area contributed by atoms with Gasteiger partial charge in [0, 0.05) is 7.05 Å². The highest BCUT2D eigenvalue weighted by Crippen LogP contribution is 2.22. The number of furan rings is 1. The van der Waals surface area contributed by atoms with Crippen molar-refractivity contribution < 1.29 is 9.21 Å². The topological polar surface area (TPSA) is 74.0 Å². The van der Waals surface area contributed by atoms with Crippen LogP contribution in [0.3, 0.4) is 0 Å². The van der Waals surface area contributed by atoms with Crippen molar-refractivity contribution >= 4 is 17.4 Å². The van der Waals surface area contributed by atoms with E-state index in [0.717, 1.165) is 12.1 Å². The number of hydrogen-bond donors (Lipinski definition) is 1. The molecular formula is C13H16ClN3O2. The van der Waals surface area contributed by atoms with Gasteiger partial charge in [-0.3, -0.25) is 9.48 Å². The molecule has 0 saturated heterocycles. The van der Waals surface area contributed by atoms with Gasteiger partial charge < -0.3 is 10.2 Å². The summed E-state index contributed by atoms with van der Waals surface area (Å²) in [7, 11) is 1.78. The number of ketones is 1. The van der Waals surface area contributed by atoms with Crippen LogP contribution in [0.4, 0.5) is 0 Å². The maximum absolute atomic E-state index is 12.1. The van der Waals surface area contributed by atoms with Gasteiger partial charge in [0.25, 0.3) is 0 Å². The first-order valence-electron chi connectivity index (χ1n) is 6.09. The second-order valence-corrected chi connectivity index (χ2v) is 4.63. The van der Waals surface area contributed by atoms with E-state index < -0.39 is 0 Å². The average molecular weight is 282 g/mol. The second-order valence-electron chi connectivity index (χ2n) is 4.25. The van der Waals surface area contributed by atoms with Gasteiger partial charge in [-0.25, -0.2) is 0 Å². The Hall–Kier alpha value is -1.59. The Morgan fingerprint density at radius 1 is 1.53 bits per heavy atom. The molecule has 0 fully saturated rings. The first-order chi connectivity index (χ1) is 9.06. The van der Waals surface area contributed by atoms with Gasteiger partial charge in [-0.15, -0.1) is 0 Å². The molecule has 2 rings (SSSR count). The van der Waals surface area contributed by atoms with Crippen LogP contribution >= 0.6 is 11.6 Å². The monoisotopic (exact) mass is 281 g/mol. The van der Waals surface area contributed by atoms with E-state index in [1.807, 2.05) is 6.92 Å². The minimum absolute atomic E-state index is 0.132. The van der Waals surface area contributed by atoms with Gasteiger partial charge in [-0.1, -0.05) is 18.5 Å². The third kappa shape index (κ3) is 2.72. The number of carbonyl (C=O) groups is 1. The fourth-order valence-electron chi connectivity index (χ4n) is 1.89. The molecule has 2 N–H and O–H groups in total. The molecule has 0 saturated carbocycles. The van der Waals surface area contributed by atoms with Crippen LogP contribution in [-0.2, 0) is 26.4 Å². The standard InChI is InChI=1S/C13H16ClN3O2/c1-3-9-13(14)10(17(2)16-9)6-11(18)12-5-4-8(7-15)19-12/h4-5H,3,6-7,15H2,1-2H3. The summed E-state index contributed by atoms with van der Waals surface area (Å²) in [6.45, 7) is 2.25. The molecule has 5 nitrogen and oxygen atoms in total. The van der Waals surface area contributed by atoms with Crippen molar-refractivity contribution in [3.63, 3.8) is 0 Å². The van der Waals surface area contributed by atoms with E-state index in [-0.39, 0.29) is 18.7 Å². The van der Waals surface area contributed by atoms with Crippen molar-refractivity contribution in [2.24, 2.45) is 12.8 Å². The van der Waals surface area contributed by atoms with E-state index in [2.05, 4.69) is 5.10 Å².